The summed E-state index contributed by atoms with van der Waals surface area (Å²) in [6, 6.07) is 0. The van der Waals surface area contributed by atoms with Crippen LogP contribution in [0.15, 0.2) is 6.20 Å². The summed E-state index contributed by atoms with van der Waals surface area (Å²) in [5.74, 6) is 0.0665. The topological polar surface area (TPSA) is 47.0 Å². The molecule has 4 heteroatoms. The lowest BCUT2D eigenvalue weighted by Gasteiger charge is -1.85. The maximum atomic E-state index is 10.6. The molecule has 58 valence electrons. The Labute approximate surface area is 68.1 Å². The van der Waals surface area contributed by atoms with Crippen molar-refractivity contribution < 1.29 is 9.59 Å². The van der Waals surface area contributed by atoms with Gasteiger partial charge >= 0.3 is 0 Å². The van der Waals surface area contributed by atoms with Crippen LogP contribution in [0, 0.1) is 0 Å². The summed E-state index contributed by atoms with van der Waals surface area (Å²) in [4.78, 5) is 25.2. The molecular formula is C7H7NO2S. The van der Waals surface area contributed by atoms with Gasteiger partial charge < -0.3 is 0 Å². The standard InChI is InChI=1S/C7H7NO2S/c1-5(10)2-7-8-3-6(4-9)11-7/h3-4H,2H2,1H3. The number of carbonyl (C=O) groups is 2. The Hall–Kier alpha value is -1.03. The van der Waals surface area contributed by atoms with E-state index in [0.29, 0.717) is 16.3 Å². The molecule has 3 nitrogen and oxygen atoms in total. The fourth-order valence-electron chi connectivity index (χ4n) is 0.674. The van der Waals surface area contributed by atoms with Crippen LogP contribution in [0.25, 0.3) is 0 Å². The molecule has 1 aromatic rings. The number of thiazole rings is 1. The Morgan fingerprint density at radius 2 is 2.55 bits per heavy atom. The molecule has 0 bridgehead atoms. The second kappa shape index (κ2) is 3.39. The molecule has 0 aliphatic carbocycles. The highest BCUT2D eigenvalue weighted by Crippen LogP contribution is 2.10. The highest BCUT2D eigenvalue weighted by molar-refractivity contribution is 7.13. The van der Waals surface area contributed by atoms with Crippen molar-refractivity contribution >= 4 is 23.4 Å². The first-order valence-electron chi connectivity index (χ1n) is 3.11. The van der Waals surface area contributed by atoms with Crippen molar-refractivity contribution in [2.45, 2.75) is 13.3 Å². The first kappa shape index (κ1) is 8.07. The van der Waals surface area contributed by atoms with Gasteiger partial charge in [-0.15, -0.1) is 11.3 Å². The van der Waals surface area contributed by atoms with Crippen LogP contribution in [0.1, 0.15) is 21.6 Å². The first-order valence-corrected chi connectivity index (χ1v) is 3.93. The molecule has 0 atom stereocenters. The van der Waals surface area contributed by atoms with E-state index in [1.807, 2.05) is 0 Å². The van der Waals surface area contributed by atoms with Gasteiger partial charge in [0.25, 0.3) is 0 Å². The van der Waals surface area contributed by atoms with Gasteiger partial charge in [0.15, 0.2) is 6.29 Å². The normalized spacial score (nSPS) is 9.55. The number of rotatable bonds is 3. The fourth-order valence-corrected chi connectivity index (χ4v) is 1.48. The molecule has 0 aromatic carbocycles. The predicted molar refractivity (Wildman–Crippen MR) is 41.9 cm³/mol. The van der Waals surface area contributed by atoms with E-state index < -0.39 is 0 Å². The average molecular weight is 169 g/mol. The van der Waals surface area contributed by atoms with Gasteiger partial charge in [0.1, 0.15) is 10.8 Å². The minimum Gasteiger partial charge on any atom is -0.300 e. The zero-order chi connectivity index (χ0) is 8.27. The third-order valence-electron chi connectivity index (χ3n) is 1.09. The van der Waals surface area contributed by atoms with Crippen molar-refractivity contribution in [1.29, 1.82) is 0 Å². The summed E-state index contributed by atoms with van der Waals surface area (Å²) in [7, 11) is 0. The molecule has 0 N–H and O–H groups in total. The van der Waals surface area contributed by atoms with E-state index in [1.54, 1.807) is 0 Å². The summed E-state index contributed by atoms with van der Waals surface area (Å²) < 4.78 is 0. The minimum absolute atomic E-state index is 0.0665. The number of aromatic nitrogens is 1. The van der Waals surface area contributed by atoms with Crippen LogP contribution in [-0.4, -0.2) is 17.1 Å². The van der Waals surface area contributed by atoms with E-state index in [1.165, 1.54) is 24.5 Å². The van der Waals surface area contributed by atoms with Gasteiger partial charge in [-0.05, 0) is 6.92 Å². The second-order valence-corrected chi connectivity index (χ2v) is 3.30. The maximum absolute atomic E-state index is 10.6. The molecule has 0 unspecified atom stereocenters. The number of aldehydes is 1. The number of ketones is 1. The molecule has 0 aliphatic heterocycles. The van der Waals surface area contributed by atoms with Crippen LogP contribution in [0.4, 0.5) is 0 Å². The molecule has 0 radical (unpaired) electrons. The van der Waals surface area contributed by atoms with E-state index in [4.69, 9.17) is 0 Å². The van der Waals surface area contributed by atoms with Crippen molar-refractivity contribution in [3.8, 4) is 0 Å². The lowest BCUT2D eigenvalue weighted by molar-refractivity contribution is -0.116. The smallest absolute Gasteiger partial charge is 0.161 e. The van der Waals surface area contributed by atoms with E-state index in [-0.39, 0.29) is 5.78 Å². The molecule has 0 spiro atoms. The van der Waals surface area contributed by atoms with Gasteiger partial charge in [-0.1, -0.05) is 0 Å². The van der Waals surface area contributed by atoms with Crippen LogP contribution in [0.3, 0.4) is 0 Å². The first-order chi connectivity index (χ1) is 5.22. The Balaban J connectivity index is 2.72. The van der Waals surface area contributed by atoms with Crippen LogP contribution in [-0.2, 0) is 11.2 Å². The summed E-state index contributed by atoms with van der Waals surface area (Å²) in [5, 5.41) is 0.708. The van der Waals surface area contributed by atoms with Crippen LogP contribution < -0.4 is 0 Å². The van der Waals surface area contributed by atoms with E-state index in [2.05, 4.69) is 4.98 Å². The molecule has 0 aliphatic rings. The fraction of sp³-hybridized carbons (Fsp3) is 0.286. The summed E-state index contributed by atoms with van der Waals surface area (Å²) in [6.07, 6.45) is 2.55. The zero-order valence-electron chi connectivity index (χ0n) is 6.03. The summed E-state index contributed by atoms with van der Waals surface area (Å²) in [6.45, 7) is 1.50. The zero-order valence-corrected chi connectivity index (χ0v) is 6.85. The molecule has 11 heavy (non-hydrogen) atoms. The monoisotopic (exact) mass is 169 g/mol. The molecular weight excluding hydrogens is 162 g/mol. The van der Waals surface area contributed by atoms with Gasteiger partial charge in [0.2, 0.25) is 0 Å². The maximum Gasteiger partial charge on any atom is 0.161 e. The van der Waals surface area contributed by atoms with Gasteiger partial charge in [-0.2, -0.15) is 0 Å². The lowest BCUT2D eigenvalue weighted by atomic mass is 10.3. The molecule has 0 amide bonds. The van der Waals surface area contributed by atoms with Crippen LogP contribution in [0.2, 0.25) is 0 Å². The number of hydrogen-bond acceptors (Lipinski definition) is 4. The van der Waals surface area contributed by atoms with Crippen molar-refractivity contribution in [2.24, 2.45) is 0 Å². The molecule has 0 saturated carbocycles. The summed E-state index contributed by atoms with van der Waals surface area (Å²) >= 11 is 1.26. The van der Waals surface area contributed by atoms with Crippen molar-refractivity contribution in [2.75, 3.05) is 0 Å². The van der Waals surface area contributed by atoms with Gasteiger partial charge in [0.05, 0.1) is 11.3 Å². The van der Waals surface area contributed by atoms with Crippen molar-refractivity contribution in [1.82, 2.24) is 4.98 Å². The average Bonchev–Trinajstić information content (AvgIpc) is 2.34. The molecule has 1 aromatic heterocycles. The largest absolute Gasteiger partial charge is 0.300 e. The van der Waals surface area contributed by atoms with E-state index in [0.717, 1.165) is 6.29 Å². The van der Waals surface area contributed by atoms with Crippen molar-refractivity contribution in [3.63, 3.8) is 0 Å². The molecule has 0 fully saturated rings. The SMILES string of the molecule is CC(=O)Cc1ncc(C=O)s1. The number of hydrogen-bond donors (Lipinski definition) is 0. The Morgan fingerprint density at radius 3 is 3.00 bits per heavy atom. The third kappa shape index (κ3) is 2.23. The van der Waals surface area contributed by atoms with Crippen LogP contribution in [0.5, 0.6) is 0 Å². The Morgan fingerprint density at radius 1 is 1.82 bits per heavy atom. The summed E-state index contributed by atoms with van der Waals surface area (Å²) in [5.41, 5.74) is 0. The van der Waals surface area contributed by atoms with Crippen molar-refractivity contribution in [3.05, 3.63) is 16.1 Å². The molecule has 1 rings (SSSR count). The minimum atomic E-state index is 0.0665. The Bertz CT molecular complexity index is 280. The number of nitrogens with zero attached hydrogens (tertiary/aromatic N) is 1. The molecule has 1 heterocycles. The van der Waals surface area contributed by atoms with E-state index >= 15 is 0 Å². The highest BCUT2D eigenvalue weighted by Gasteiger charge is 2.02. The predicted octanol–water partition coefficient (Wildman–Crippen LogP) is 1.09. The quantitative estimate of drug-likeness (QED) is 0.636. The van der Waals surface area contributed by atoms with E-state index in [9.17, 15) is 9.59 Å². The second-order valence-electron chi connectivity index (χ2n) is 2.15. The highest BCUT2D eigenvalue weighted by atomic mass is 32.1. The lowest BCUT2D eigenvalue weighted by Crippen LogP contribution is -1.94. The number of Topliss-reactive ketones (excluding diaryl/α,β-unsaturated/α-hetero) is 1. The van der Waals surface area contributed by atoms with Gasteiger partial charge in [-0.3, -0.25) is 9.59 Å². The Kier molecular flexibility index (Phi) is 2.48. The molecule has 0 saturated heterocycles. The van der Waals surface area contributed by atoms with Crippen LogP contribution >= 0.6 is 11.3 Å². The van der Waals surface area contributed by atoms with Gasteiger partial charge in [0, 0.05) is 6.20 Å². The number of carbonyl (C=O) groups excluding carboxylic acids is 2. The van der Waals surface area contributed by atoms with Gasteiger partial charge in [-0.25, -0.2) is 4.98 Å². The third-order valence-corrected chi connectivity index (χ3v) is 2.01.